The fourth-order valence-electron chi connectivity index (χ4n) is 2.38. The molecular weight excluding hydrogens is 292 g/mol. The summed E-state index contributed by atoms with van der Waals surface area (Å²) in [6.45, 7) is -0.250. The van der Waals surface area contributed by atoms with E-state index in [1.54, 1.807) is 11.3 Å². The van der Waals surface area contributed by atoms with E-state index in [0.717, 1.165) is 18.7 Å². The van der Waals surface area contributed by atoms with Crippen molar-refractivity contribution in [1.82, 2.24) is 9.55 Å². The Morgan fingerprint density at radius 3 is 2.86 bits per heavy atom. The number of carbonyl (C=O) groups excluding carboxylic acids is 1. The lowest BCUT2D eigenvalue weighted by Crippen LogP contribution is -2.33. The molecule has 112 valence electrons. The van der Waals surface area contributed by atoms with Gasteiger partial charge in [0.25, 0.3) is 6.47 Å². The van der Waals surface area contributed by atoms with E-state index < -0.39 is 0 Å². The minimum Gasteiger partial charge on any atom is -0.483 e. The predicted octanol–water partition coefficient (Wildman–Crippen LogP) is 2.44. The van der Waals surface area contributed by atoms with Crippen molar-refractivity contribution in [2.45, 2.75) is 18.9 Å². The van der Waals surface area contributed by atoms with Crippen LogP contribution in [-0.2, 0) is 14.3 Å². The molecule has 0 bridgehead atoms. The molecule has 3 rings (SSSR count). The smallest absolute Gasteiger partial charge is 0.308 e. The molecule has 7 heteroatoms. The Labute approximate surface area is 126 Å². The van der Waals surface area contributed by atoms with Gasteiger partial charge in [-0.05, 0) is 24.3 Å². The van der Waals surface area contributed by atoms with Crippen molar-refractivity contribution in [1.29, 1.82) is 0 Å². The van der Waals surface area contributed by atoms with E-state index in [1.165, 1.54) is 12.0 Å². The van der Waals surface area contributed by atoms with Gasteiger partial charge in [0.1, 0.15) is 5.82 Å². The third-order valence-corrected chi connectivity index (χ3v) is 4.32. The zero-order valence-electron chi connectivity index (χ0n) is 11.5. The summed E-state index contributed by atoms with van der Waals surface area (Å²) in [7, 11) is 1.45. The van der Waals surface area contributed by atoms with Crippen LogP contribution in [0.3, 0.4) is 0 Å². The molecule has 2 heterocycles. The van der Waals surface area contributed by atoms with Gasteiger partial charge in [0.05, 0.1) is 17.9 Å². The Bertz CT molecular complexity index is 588. The third kappa shape index (κ3) is 3.30. The van der Waals surface area contributed by atoms with Crippen LogP contribution in [0.1, 0.15) is 18.9 Å². The van der Waals surface area contributed by atoms with Gasteiger partial charge in [0.15, 0.2) is 0 Å². The number of hydrogen-bond donors (Lipinski definition) is 1. The molecule has 1 fully saturated rings. The molecule has 0 radical (unpaired) electrons. The van der Waals surface area contributed by atoms with Gasteiger partial charge in [0.2, 0.25) is 0 Å². The number of esters is 1. The number of nitrogens with zero attached hydrogens (tertiary/aromatic N) is 2. The lowest BCUT2D eigenvalue weighted by Gasteiger charge is -2.34. The molecule has 1 aliphatic carbocycles. The van der Waals surface area contributed by atoms with Crippen LogP contribution in [0.2, 0.25) is 0 Å². The molecule has 0 aromatic carbocycles. The Balaban J connectivity index is 0.000000497. The second-order valence-electron chi connectivity index (χ2n) is 4.59. The normalized spacial score (nSPS) is 19.9. The minimum absolute atomic E-state index is 0.0542. The molecule has 0 unspecified atom stereocenters. The quantitative estimate of drug-likeness (QED) is 0.695. The summed E-state index contributed by atoms with van der Waals surface area (Å²) in [6, 6.07) is 4.46. The number of hydrogen-bond acceptors (Lipinski definition) is 5. The number of ether oxygens (including phenoxy) is 1. The fourth-order valence-corrected chi connectivity index (χ4v) is 3.10. The topological polar surface area (TPSA) is 81.4 Å². The number of thiophene rings is 1. The maximum atomic E-state index is 11.4. The second kappa shape index (κ2) is 7.03. The van der Waals surface area contributed by atoms with Crippen LogP contribution in [0.4, 0.5) is 0 Å². The first-order valence-electron chi connectivity index (χ1n) is 6.43. The van der Waals surface area contributed by atoms with Gasteiger partial charge < -0.3 is 14.4 Å². The highest BCUT2D eigenvalue weighted by Crippen LogP contribution is 2.40. The molecule has 0 aliphatic heterocycles. The van der Waals surface area contributed by atoms with Crippen LogP contribution in [-0.4, -0.2) is 34.2 Å². The number of rotatable bonds is 3. The highest BCUT2D eigenvalue weighted by molar-refractivity contribution is 7.13. The Morgan fingerprint density at radius 2 is 2.29 bits per heavy atom. The van der Waals surface area contributed by atoms with Gasteiger partial charge in [-0.15, -0.1) is 11.3 Å². The van der Waals surface area contributed by atoms with Crippen molar-refractivity contribution < 1.29 is 19.4 Å². The zero-order chi connectivity index (χ0) is 15.2. The summed E-state index contributed by atoms with van der Waals surface area (Å²) < 4.78 is 6.93. The van der Waals surface area contributed by atoms with Crippen LogP contribution in [0.5, 0.6) is 0 Å². The molecule has 1 N–H and O–H groups in total. The number of methoxy groups -OCH3 is 1. The van der Waals surface area contributed by atoms with Crippen molar-refractivity contribution in [2.24, 2.45) is 5.92 Å². The van der Waals surface area contributed by atoms with E-state index in [2.05, 4.69) is 15.6 Å². The van der Waals surface area contributed by atoms with E-state index in [4.69, 9.17) is 14.6 Å². The van der Waals surface area contributed by atoms with Crippen LogP contribution in [0.25, 0.3) is 10.7 Å². The summed E-state index contributed by atoms with van der Waals surface area (Å²) in [5.41, 5.74) is 0. The van der Waals surface area contributed by atoms with Crippen molar-refractivity contribution >= 4 is 23.8 Å². The number of imidazole rings is 1. The third-order valence-electron chi connectivity index (χ3n) is 3.45. The van der Waals surface area contributed by atoms with Crippen molar-refractivity contribution in [3.05, 3.63) is 29.9 Å². The van der Waals surface area contributed by atoms with Crippen molar-refractivity contribution in [3.8, 4) is 10.7 Å². The van der Waals surface area contributed by atoms with E-state index >= 15 is 0 Å². The molecular formula is C14H16N2O4S. The monoisotopic (exact) mass is 308 g/mol. The molecule has 1 aliphatic rings. The van der Waals surface area contributed by atoms with Crippen LogP contribution in [0.15, 0.2) is 29.9 Å². The summed E-state index contributed by atoms with van der Waals surface area (Å²) in [5, 5.41) is 8.94. The SMILES string of the molecule is COC(=O)C1CC(n2ccnc2-c2cccs2)C1.O=CO. The molecule has 0 atom stereocenters. The van der Waals surface area contributed by atoms with Gasteiger partial charge >= 0.3 is 5.97 Å². The molecule has 2 aromatic rings. The number of carbonyl (C=O) groups is 2. The average molecular weight is 308 g/mol. The van der Waals surface area contributed by atoms with Gasteiger partial charge in [0, 0.05) is 18.4 Å². The Hall–Kier alpha value is -2.15. The van der Waals surface area contributed by atoms with Gasteiger partial charge in [-0.3, -0.25) is 9.59 Å². The summed E-state index contributed by atoms with van der Waals surface area (Å²) in [4.78, 5) is 25.3. The molecule has 0 spiro atoms. The Kier molecular flexibility index (Phi) is 5.10. The molecule has 1 saturated carbocycles. The maximum absolute atomic E-state index is 11.4. The number of aromatic nitrogens is 2. The molecule has 0 saturated heterocycles. The van der Waals surface area contributed by atoms with Gasteiger partial charge in [-0.2, -0.15) is 0 Å². The average Bonchev–Trinajstić information content (AvgIpc) is 3.07. The molecule has 0 amide bonds. The highest BCUT2D eigenvalue weighted by atomic mass is 32.1. The first-order chi connectivity index (χ1) is 10.2. The lowest BCUT2D eigenvalue weighted by molar-refractivity contribution is -0.149. The van der Waals surface area contributed by atoms with Crippen LogP contribution in [0, 0.1) is 5.92 Å². The van der Waals surface area contributed by atoms with E-state index in [-0.39, 0.29) is 18.4 Å². The minimum atomic E-state index is -0.250. The zero-order valence-corrected chi connectivity index (χ0v) is 12.3. The summed E-state index contributed by atoms with van der Waals surface area (Å²) in [5.74, 6) is 0.959. The Morgan fingerprint density at radius 1 is 1.57 bits per heavy atom. The first kappa shape index (κ1) is 15.2. The van der Waals surface area contributed by atoms with E-state index in [1.807, 2.05) is 23.8 Å². The summed E-state index contributed by atoms with van der Waals surface area (Å²) in [6.07, 6.45) is 5.51. The standard InChI is InChI=1S/C13H14N2O2S.CH2O2/c1-17-13(16)9-7-10(8-9)15-5-4-14-12(15)11-3-2-6-18-11;2-1-3/h2-6,9-10H,7-8H2,1H3;1H,(H,2,3). The van der Waals surface area contributed by atoms with Crippen molar-refractivity contribution in [2.75, 3.05) is 7.11 Å². The molecule has 6 nitrogen and oxygen atoms in total. The van der Waals surface area contributed by atoms with Crippen LogP contribution < -0.4 is 0 Å². The largest absolute Gasteiger partial charge is 0.483 e. The van der Waals surface area contributed by atoms with E-state index in [0.29, 0.717) is 6.04 Å². The highest BCUT2D eigenvalue weighted by Gasteiger charge is 2.37. The number of carboxylic acid groups (broad SMARTS) is 1. The molecule has 2 aromatic heterocycles. The predicted molar refractivity (Wildman–Crippen MR) is 78.0 cm³/mol. The maximum Gasteiger partial charge on any atom is 0.308 e. The first-order valence-corrected chi connectivity index (χ1v) is 7.31. The lowest BCUT2D eigenvalue weighted by atomic mass is 9.80. The second-order valence-corrected chi connectivity index (χ2v) is 5.53. The molecule has 21 heavy (non-hydrogen) atoms. The van der Waals surface area contributed by atoms with Gasteiger partial charge in [-0.1, -0.05) is 6.07 Å². The summed E-state index contributed by atoms with van der Waals surface area (Å²) >= 11 is 1.68. The van der Waals surface area contributed by atoms with Gasteiger partial charge in [-0.25, -0.2) is 4.98 Å². The van der Waals surface area contributed by atoms with Crippen LogP contribution >= 0.6 is 11.3 Å². The fraction of sp³-hybridized carbons (Fsp3) is 0.357. The van der Waals surface area contributed by atoms with Crippen molar-refractivity contribution in [3.63, 3.8) is 0 Å². The van der Waals surface area contributed by atoms with E-state index in [9.17, 15) is 4.79 Å².